The molecular formula is C104H66O2. The van der Waals surface area contributed by atoms with Crippen LogP contribution in [0.15, 0.2) is 409 Å². The van der Waals surface area contributed by atoms with E-state index in [0.717, 1.165) is 120 Å². The minimum atomic E-state index is -0.396. The Morgan fingerprint density at radius 3 is 0.896 bits per heavy atom. The van der Waals surface area contributed by atoms with Gasteiger partial charge in [0.25, 0.3) is 0 Å². The lowest BCUT2D eigenvalue weighted by Crippen LogP contribution is -1.91. The topological polar surface area (TPSA) is 26.3 Å². The molecule has 0 atom stereocenters. The van der Waals surface area contributed by atoms with E-state index in [4.69, 9.17) is 22.5 Å². The van der Waals surface area contributed by atoms with Crippen LogP contribution in [0.1, 0.15) is 13.7 Å². The fourth-order valence-electron chi connectivity index (χ4n) is 16.2. The van der Waals surface area contributed by atoms with Crippen molar-refractivity contribution in [2.24, 2.45) is 0 Å². The summed E-state index contributed by atoms with van der Waals surface area (Å²) in [7, 11) is 0. The molecule has 0 N–H and O–H groups in total. The number of para-hydroxylation sites is 1. The van der Waals surface area contributed by atoms with Gasteiger partial charge < -0.3 is 8.83 Å². The van der Waals surface area contributed by atoms with Gasteiger partial charge >= 0.3 is 0 Å². The van der Waals surface area contributed by atoms with E-state index in [1.165, 1.54) is 65.7 Å². The Morgan fingerprint density at radius 1 is 0.151 bits per heavy atom. The molecule has 2 heteroatoms. The molecule has 0 saturated carbocycles. The van der Waals surface area contributed by atoms with E-state index < -0.39 is 6.04 Å². The van der Waals surface area contributed by atoms with Gasteiger partial charge in [-0.2, -0.15) is 0 Å². The highest BCUT2D eigenvalue weighted by Gasteiger charge is 2.22. The van der Waals surface area contributed by atoms with Gasteiger partial charge in [0.05, 0.1) is 13.7 Å². The van der Waals surface area contributed by atoms with Crippen molar-refractivity contribution in [3.8, 4) is 77.9 Å². The third kappa shape index (κ3) is 10.7. The summed E-state index contributed by atoms with van der Waals surface area (Å²) in [6.45, 7) is 0. The Morgan fingerprint density at radius 2 is 0.434 bits per heavy atom. The van der Waals surface area contributed by atoms with Gasteiger partial charge in [-0.1, -0.05) is 352 Å². The molecule has 0 radical (unpaired) electrons. The first-order valence-electron chi connectivity index (χ1n) is 40.6. The highest BCUT2D eigenvalue weighted by molar-refractivity contribution is 6.25. The molecule has 0 spiro atoms. The molecule has 0 bridgehead atoms. The standard InChI is InChI=1S/C36H22O.C36H24.C32H20O/c1-2-10-23(11-3-1)35-27-14-6-8-16-29(27)36(30-17-9-7-15-28(30)35)26-18-19-33-31(21-26)32-20-24-12-4-5-13-25(24)22-34(32)37-33;1-2-10-25(11-3-1)27-18-21-28(22-19-27)35-31-14-6-8-16-33(31)36(34-17-9-7-15-32(34)35)30-23-20-26-12-4-5-13-29(26)24-30;1-2-10-21(11-3-1)31-24-13-4-6-15-26(24)32(27-16-7-5-14-25(27)31)22-18-19-30-28(20-22)23-12-8-9-17-29(23)33-30/h1-22H;1-24H;1-20H/i2*1D,2D,3D,10D,11D;. The first kappa shape index (κ1) is 52.1. The lowest BCUT2D eigenvalue weighted by atomic mass is 9.85. The number of rotatable bonds is 7. The summed E-state index contributed by atoms with van der Waals surface area (Å²) < 4.78 is 95.5. The van der Waals surface area contributed by atoms with Crippen LogP contribution >= 0.6 is 0 Å². The lowest BCUT2D eigenvalue weighted by Gasteiger charge is -2.18. The van der Waals surface area contributed by atoms with E-state index in [9.17, 15) is 0 Å². The largest absolute Gasteiger partial charge is 0.456 e. The van der Waals surface area contributed by atoms with Crippen molar-refractivity contribution in [3.05, 3.63) is 400 Å². The molecule has 0 aliphatic carbocycles. The summed E-state index contributed by atoms with van der Waals surface area (Å²) in [5, 5.41) is 22.3. The van der Waals surface area contributed by atoms with Gasteiger partial charge in [0, 0.05) is 21.5 Å². The first-order chi connectivity index (χ1) is 56.7. The van der Waals surface area contributed by atoms with E-state index in [0.29, 0.717) is 11.1 Å². The predicted octanol–water partition coefficient (Wildman–Crippen LogP) is 29.8. The van der Waals surface area contributed by atoms with Crippen molar-refractivity contribution >= 4 is 130 Å². The summed E-state index contributed by atoms with van der Waals surface area (Å²) in [5.74, 6) is 0. The quantitative estimate of drug-likeness (QED) is 0.149. The third-order valence-electron chi connectivity index (χ3n) is 20.9. The van der Waals surface area contributed by atoms with Crippen LogP contribution in [0.25, 0.3) is 208 Å². The van der Waals surface area contributed by atoms with Gasteiger partial charge in [-0.05, 0) is 213 Å². The molecule has 0 amide bonds. The summed E-state index contributed by atoms with van der Waals surface area (Å²) in [6.07, 6.45) is 0. The van der Waals surface area contributed by atoms with E-state index in [1.54, 1.807) is 0 Å². The van der Waals surface area contributed by atoms with E-state index in [-0.39, 0.29) is 65.5 Å². The molecule has 2 nitrogen and oxygen atoms in total. The van der Waals surface area contributed by atoms with Crippen LogP contribution in [0.2, 0.25) is 0 Å². The van der Waals surface area contributed by atoms with Crippen molar-refractivity contribution in [2.75, 3.05) is 0 Å². The Hall–Kier alpha value is -13.9. The van der Waals surface area contributed by atoms with Crippen molar-refractivity contribution in [2.45, 2.75) is 0 Å². The van der Waals surface area contributed by atoms with Crippen LogP contribution in [-0.4, -0.2) is 0 Å². The molecule has 494 valence electrons. The fraction of sp³-hybridized carbons (Fsp3) is 0. The third-order valence-corrected chi connectivity index (χ3v) is 20.9. The molecule has 22 aromatic rings. The Labute approximate surface area is 627 Å². The average molecular weight is 1360 g/mol. The number of hydrogen-bond acceptors (Lipinski definition) is 2. The minimum Gasteiger partial charge on any atom is -0.456 e. The second kappa shape index (κ2) is 26.2. The number of hydrogen-bond donors (Lipinski definition) is 0. The van der Waals surface area contributed by atoms with E-state index in [2.05, 4.69) is 237 Å². The molecule has 0 aliphatic heterocycles. The molecule has 0 aliphatic rings. The van der Waals surface area contributed by atoms with Gasteiger partial charge in [-0.25, -0.2) is 0 Å². The summed E-state index contributed by atoms with van der Waals surface area (Å²) in [5.41, 5.74) is 16.7. The van der Waals surface area contributed by atoms with Crippen LogP contribution in [0.4, 0.5) is 0 Å². The predicted molar refractivity (Wildman–Crippen MR) is 452 cm³/mol. The molecule has 0 saturated heterocycles. The second-order valence-corrected chi connectivity index (χ2v) is 26.8. The maximum Gasteiger partial charge on any atom is 0.136 e. The van der Waals surface area contributed by atoms with Gasteiger partial charge in [0.1, 0.15) is 22.3 Å². The second-order valence-electron chi connectivity index (χ2n) is 26.8. The smallest absolute Gasteiger partial charge is 0.136 e. The fourth-order valence-corrected chi connectivity index (χ4v) is 16.2. The zero-order valence-corrected chi connectivity index (χ0v) is 57.1. The van der Waals surface area contributed by atoms with Crippen LogP contribution in [0.5, 0.6) is 0 Å². The van der Waals surface area contributed by atoms with Crippen molar-refractivity contribution in [1.82, 2.24) is 0 Å². The van der Waals surface area contributed by atoms with E-state index >= 15 is 0 Å². The zero-order chi connectivity index (χ0) is 78.7. The molecule has 0 unspecified atom stereocenters. The van der Waals surface area contributed by atoms with E-state index in [1.807, 2.05) is 103 Å². The highest BCUT2D eigenvalue weighted by Crippen LogP contribution is 2.49. The van der Waals surface area contributed by atoms with Crippen molar-refractivity contribution in [1.29, 1.82) is 0 Å². The molecule has 22 rings (SSSR count). The van der Waals surface area contributed by atoms with Gasteiger partial charge in [-0.3, -0.25) is 0 Å². The maximum absolute atomic E-state index is 8.76. The van der Waals surface area contributed by atoms with Gasteiger partial charge in [-0.15, -0.1) is 0 Å². The van der Waals surface area contributed by atoms with Crippen LogP contribution in [0, 0.1) is 0 Å². The monoisotopic (exact) mass is 1360 g/mol. The average Bonchev–Trinajstić information content (AvgIpc) is 0.817. The maximum atomic E-state index is 8.76. The number of fused-ring (bicyclic) bond motifs is 14. The van der Waals surface area contributed by atoms with Gasteiger partial charge in [0.15, 0.2) is 0 Å². The number of furan rings is 2. The SMILES string of the molecule is [2H]c1c([2H])c([2H])c(-c2c3ccccc3c(-c3ccc4oc5cc6ccccc6cc5c4c3)c3ccccc23)c([2H])c1[2H].[2H]c1c([2H])c([2H])c(-c2ccc(-c3c4ccccc4c(-c4ccc5ccccc5c4)c4ccccc34)cc2)c([2H])c1[2H].c1ccc(-c2c3ccccc3c(-c3ccc4oc5ccccc5c4c3)c3ccccc23)cc1. The molecular weight excluding hydrogens is 1280 g/mol. The first-order valence-corrected chi connectivity index (χ1v) is 35.6. The van der Waals surface area contributed by atoms with Crippen LogP contribution in [-0.2, 0) is 0 Å². The Bertz CT molecular complexity index is 7610. The molecule has 0 fully saturated rings. The summed E-state index contributed by atoms with van der Waals surface area (Å²) in [4.78, 5) is 0. The minimum absolute atomic E-state index is 0.195. The highest BCUT2D eigenvalue weighted by atomic mass is 16.3. The molecule has 106 heavy (non-hydrogen) atoms. The zero-order valence-electron chi connectivity index (χ0n) is 67.1. The normalized spacial score (nSPS) is 12.9. The number of benzene rings is 20. The lowest BCUT2D eigenvalue weighted by molar-refractivity contribution is 0.669. The molecule has 2 aromatic heterocycles. The van der Waals surface area contributed by atoms with Crippen LogP contribution < -0.4 is 0 Å². The van der Waals surface area contributed by atoms with Crippen molar-refractivity contribution in [3.63, 3.8) is 0 Å². The molecule has 20 aromatic carbocycles. The molecule has 2 heterocycles. The summed E-state index contributed by atoms with van der Waals surface area (Å²) >= 11 is 0. The van der Waals surface area contributed by atoms with Crippen LogP contribution in [0.3, 0.4) is 0 Å². The summed E-state index contributed by atoms with van der Waals surface area (Å²) in [6, 6.07) is 115. The van der Waals surface area contributed by atoms with Crippen molar-refractivity contribution < 1.29 is 22.5 Å². The Kier molecular flexibility index (Phi) is 12.9. The Balaban J connectivity index is 0.000000113. The van der Waals surface area contributed by atoms with Gasteiger partial charge in [0.2, 0.25) is 0 Å².